The van der Waals surface area contributed by atoms with E-state index >= 15 is 0 Å². The van der Waals surface area contributed by atoms with Crippen LogP contribution in [0.4, 0.5) is 26.3 Å². The summed E-state index contributed by atoms with van der Waals surface area (Å²) in [6, 6.07) is 4.05. The molecule has 2 aliphatic heterocycles. The van der Waals surface area contributed by atoms with Crippen molar-refractivity contribution in [2.24, 2.45) is 5.92 Å². The molecule has 0 aliphatic carbocycles. The summed E-state index contributed by atoms with van der Waals surface area (Å²) in [5.74, 6) is -4.95. The van der Waals surface area contributed by atoms with E-state index in [0.29, 0.717) is 25.6 Å². The minimum atomic E-state index is -5.08. The van der Waals surface area contributed by atoms with Crippen molar-refractivity contribution in [1.82, 2.24) is 14.2 Å². The third-order valence-electron chi connectivity index (χ3n) is 5.26. The van der Waals surface area contributed by atoms with Crippen LogP contribution in [0.1, 0.15) is 18.9 Å². The van der Waals surface area contributed by atoms with Gasteiger partial charge >= 0.3 is 24.3 Å². The van der Waals surface area contributed by atoms with Gasteiger partial charge in [0.05, 0.1) is 18.5 Å². The van der Waals surface area contributed by atoms with E-state index in [9.17, 15) is 34.8 Å². The minimum absolute atomic E-state index is 0.0176. The highest BCUT2D eigenvalue weighted by Gasteiger charge is 2.39. The molecule has 1 aromatic heterocycles. The summed E-state index contributed by atoms with van der Waals surface area (Å²) in [5, 5.41) is 14.2. The Labute approximate surface area is 208 Å². The fraction of sp³-hybridized carbons (Fsp3) is 0.650. The standard InChI is InChI=1S/C16H25N3O3S.2C2HF3O2/c1-2-23(20,21)19-7-5-15-12-18(8-9-22-16(15)13-19)11-14-4-3-6-17-10-14;2*3-2(4,5)1(6)7/h3-4,6,10,15-16H,2,5,7-9,11-13H2,1H3;2*(H,6,7)/t15-,16-;;/m1../s1. The lowest BCUT2D eigenvalue weighted by Gasteiger charge is -2.37. The van der Waals surface area contributed by atoms with Crippen molar-refractivity contribution in [3.05, 3.63) is 30.1 Å². The SMILES string of the molecule is CCS(=O)(=O)N1CC[C@@H]2CN(Cc3cccnc3)CCO[C@@H]2C1.O=C(O)C(F)(F)F.O=C(O)C(F)(F)F. The number of nitrogens with zero attached hydrogens (tertiary/aromatic N) is 3. The van der Waals surface area contributed by atoms with Crippen molar-refractivity contribution >= 4 is 22.0 Å². The van der Waals surface area contributed by atoms with Crippen LogP contribution in [-0.2, 0) is 30.9 Å². The number of halogens is 6. The topological polar surface area (TPSA) is 137 Å². The number of carboxylic acids is 2. The molecule has 0 spiro atoms. The van der Waals surface area contributed by atoms with Crippen molar-refractivity contribution in [3.8, 4) is 0 Å². The molecule has 1 aromatic rings. The first-order valence-corrected chi connectivity index (χ1v) is 12.4. The first-order valence-electron chi connectivity index (χ1n) is 10.8. The molecule has 3 heterocycles. The van der Waals surface area contributed by atoms with E-state index in [1.807, 2.05) is 12.3 Å². The molecule has 0 unspecified atom stereocenters. The zero-order valence-corrected chi connectivity index (χ0v) is 20.4. The Morgan fingerprint density at radius 2 is 1.65 bits per heavy atom. The van der Waals surface area contributed by atoms with Gasteiger partial charge in [0.15, 0.2) is 0 Å². The molecule has 3 rings (SSSR count). The fourth-order valence-electron chi connectivity index (χ4n) is 3.42. The second kappa shape index (κ2) is 13.9. The summed E-state index contributed by atoms with van der Waals surface area (Å²) in [4.78, 5) is 24.4. The third kappa shape index (κ3) is 11.6. The summed E-state index contributed by atoms with van der Waals surface area (Å²) in [6.07, 6.45) is -5.59. The molecule has 0 saturated carbocycles. The molecule has 212 valence electrons. The van der Waals surface area contributed by atoms with Crippen LogP contribution in [0.15, 0.2) is 24.5 Å². The highest BCUT2D eigenvalue weighted by Crippen LogP contribution is 2.26. The predicted octanol–water partition coefficient (Wildman–Crippen LogP) is 2.22. The molecule has 0 aromatic carbocycles. The average Bonchev–Trinajstić information content (AvgIpc) is 3.00. The van der Waals surface area contributed by atoms with Gasteiger partial charge in [-0.15, -0.1) is 0 Å². The van der Waals surface area contributed by atoms with E-state index in [1.165, 1.54) is 5.56 Å². The highest BCUT2D eigenvalue weighted by molar-refractivity contribution is 7.89. The van der Waals surface area contributed by atoms with Crippen LogP contribution in [0.5, 0.6) is 0 Å². The number of carboxylic acid groups (broad SMARTS) is 2. The fourth-order valence-corrected chi connectivity index (χ4v) is 4.54. The number of hydrogen-bond donors (Lipinski definition) is 2. The number of alkyl halides is 6. The maximum absolute atomic E-state index is 12.1. The predicted molar refractivity (Wildman–Crippen MR) is 116 cm³/mol. The van der Waals surface area contributed by atoms with Crippen molar-refractivity contribution in [2.45, 2.75) is 38.3 Å². The first kappa shape index (κ1) is 32.5. The molecule has 0 bridgehead atoms. The number of rotatable bonds is 4. The Hall–Kier alpha value is -2.50. The largest absolute Gasteiger partial charge is 0.490 e. The number of aliphatic carboxylic acids is 2. The lowest BCUT2D eigenvalue weighted by molar-refractivity contribution is -0.193. The molecule has 2 fully saturated rings. The maximum Gasteiger partial charge on any atom is 0.490 e. The Kier molecular flexibility index (Phi) is 12.2. The normalized spacial score (nSPS) is 21.3. The molecule has 2 N–H and O–H groups in total. The van der Waals surface area contributed by atoms with Crippen LogP contribution in [0.25, 0.3) is 0 Å². The second-order valence-corrected chi connectivity index (χ2v) is 10.2. The van der Waals surface area contributed by atoms with Gasteiger partial charge in [0.1, 0.15) is 0 Å². The zero-order chi connectivity index (χ0) is 28.4. The van der Waals surface area contributed by atoms with Crippen molar-refractivity contribution < 1.29 is 59.3 Å². The van der Waals surface area contributed by atoms with Crippen LogP contribution in [-0.4, -0.2) is 102 Å². The molecule has 0 amide bonds. The Morgan fingerprint density at radius 3 is 2.11 bits per heavy atom. The monoisotopic (exact) mass is 567 g/mol. The van der Waals surface area contributed by atoms with Crippen LogP contribution in [0.2, 0.25) is 0 Å². The lowest BCUT2D eigenvalue weighted by Crippen LogP contribution is -2.49. The van der Waals surface area contributed by atoms with Crippen LogP contribution < -0.4 is 0 Å². The van der Waals surface area contributed by atoms with E-state index in [2.05, 4.69) is 16.0 Å². The Balaban J connectivity index is 0.000000404. The number of aromatic nitrogens is 1. The Bertz CT molecular complexity index is 953. The molecule has 0 radical (unpaired) electrons. The molecular formula is C20H27F6N3O7S. The number of pyridine rings is 1. The summed E-state index contributed by atoms with van der Waals surface area (Å²) in [5.41, 5.74) is 1.21. The number of fused-ring (bicyclic) bond motifs is 1. The quantitative estimate of drug-likeness (QED) is 0.525. The number of carbonyl (C=O) groups is 2. The number of piperidine rings is 1. The van der Waals surface area contributed by atoms with Crippen molar-refractivity contribution in [1.29, 1.82) is 0 Å². The Morgan fingerprint density at radius 1 is 1.08 bits per heavy atom. The molecule has 37 heavy (non-hydrogen) atoms. The number of ether oxygens (including phenoxy) is 1. The average molecular weight is 568 g/mol. The molecule has 2 atom stereocenters. The van der Waals surface area contributed by atoms with E-state index in [1.54, 1.807) is 17.4 Å². The maximum atomic E-state index is 12.1. The van der Waals surface area contributed by atoms with Gasteiger partial charge in [0, 0.05) is 51.0 Å². The first-order chi connectivity index (χ1) is 17.0. The van der Waals surface area contributed by atoms with Gasteiger partial charge in [-0.2, -0.15) is 30.6 Å². The minimum Gasteiger partial charge on any atom is -0.475 e. The summed E-state index contributed by atoms with van der Waals surface area (Å²) in [7, 11) is -3.11. The smallest absolute Gasteiger partial charge is 0.475 e. The van der Waals surface area contributed by atoms with Gasteiger partial charge < -0.3 is 14.9 Å². The number of hydrogen-bond acceptors (Lipinski definition) is 7. The van der Waals surface area contributed by atoms with E-state index in [-0.39, 0.29) is 11.9 Å². The molecule has 2 saturated heterocycles. The van der Waals surface area contributed by atoms with Gasteiger partial charge in [-0.25, -0.2) is 18.0 Å². The van der Waals surface area contributed by atoms with Crippen LogP contribution in [0.3, 0.4) is 0 Å². The van der Waals surface area contributed by atoms with E-state index < -0.39 is 34.3 Å². The van der Waals surface area contributed by atoms with Crippen molar-refractivity contribution in [3.63, 3.8) is 0 Å². The van der Waals surface area contributed by atoms with Crippen molar-refractivity contribution in [2.75, 3.05) is 38.5 Å². The molecule has 17 heteroatoms. The van der Waals surface area contributed by atoms with Crippen LogP contribution in [0, 0.1) is 5.92 Å². The van der Waals surface area contributed by atoms with Gasteiger partial charge in [0.25, 0.3) is 0 Å². The van der Waals surface area contributed by atoms with E-state index in [0.717, 1.165) is 26.1 Å². The van der Waals surface area contributed by atoms with Crippen LogP contribution >= 0.6 is 0 Å². The van der Waals surface area contributed by atoms with Gasteiger partial charge in [-0.1, -0.05) is 6.07 Å². The van der Waals surface area contributed by atoms with Gasteiger partial charge in [-0.3, -0.25) is 9.88 Å². The highest BCUT2D eigenvalue weighted by atomic mass is 32.2. The molecular weight excluding hydrogens is 540 g/mol. The third-order valence-corrected chi connectivity index (χ3v) is 7.11. The number of sulfonamides is 1. The zero-order valence-electron chi connectivity index (χ0n) is 19.6. The summed E-state index contributed by atoms with van der Waals surface area (Å²) >= 11 is 0. The lowest BCUT2D eigenvalue weighted by atomic mass is 9.94. The van der Waals surface area contributed by atoms with Gasteiger partial charge in [-0.05, 0) is 25.0 Å². The van der Waals surface area contributed by atoms with E-state index in [4.69, 9.17) is 24.5 Å². The summed E-state index contributed by atoms with van der Waals surface area (Å²) < 4.78 is 95.2. The summed E-state index contributed by atoms with van der Waals surface area (Å²) in [6.45, 7) is 6.18. The molecule has 10 nitrogen and oxygen atoms in total. The molecule has 2 aliphatic rings. The van der Waals surface area contributed by atoms with Gasteiger partial charge in [0.2, 0.25) is 10.0 Å². The second-order valence-electron chi connectivity index (χ2n) is 7.92.